The number of carbonyl (C=O) groups excluding carboxylic acids is 3. The summed E-state index contributed by atoms with van der Waals surface area (Å²) in [6.45, 7) is 5.88. The minimum atomic E-state index is -3.06. The molecule has 0 aliphatic carbocycles. The molecule has 4 atom stereocenters. The fourth-order valence-electron chi connectivity index (χ4n) is 8.29. The molecular weight excluding hydrogens is 698 g/mol. The summed E-state index contributed by atoms with van der Waals surface area (Å²) in [6, 6.07) is 29.7. The van der Waals surface area contributed by atoms with Crippen molar-refractivity contribution in [3.63, 3.8) is 0 Å². The molecule has 52 heavy (non-hydrogen) atoms. The van der Waals surface area contributed by atoms with E-state index in [9.17, 15) is 24.3 Å². The van der Waals surface area contributed by atoms with Crippen molar-refractivity contribution < 1.29 is 33.8 Å². The molecule has 0 unspecified atom stereocenters. The molecule has 1 fully saturated rings. The third kappa shape index (κ3) is 6.41. The minimum absolute atomic E-state index is 0.0686. The number of fused-ring (bicyclic) bond motifs is 3. The van der Waals surface area contributed by atoms with E-state index >= 15 is 0 Å². The Balaban J connectivity index is 1.21. The van der Waals surface area contributed by atoms with Crippen molar-refractivity contribution in [2.24, 2.45) is 5.92 Å². The van der Waals surface area contributed by atoms with E-state index in [-0.39, 0.29) is 50.4 Å². The van der Waals surface area contributed by atoms with Gasteiger partial charge in [-0.15, -0.1) is 0 Å². The number of ether oxygens (including phenoxy) is 2. The molecule has 0 aromatic heterocycles. The van der Waals surface area contributed by atoms with Crippen molar-refractivity contribution >= 4 is 54.7 Å². The predicted molar refractivity (Wildman–Crippen MR) is 201 cm³/mol. The second-order valence-electron chi connectivity index (χ2n) is 14.3. The van der Waals surface area contributed by atoms with Crippen LogP contribution in [-0.4, -0.2) is 66.7 Å². The van der Waals surface area contributed by atoms with Crippen molar-refractivity contribution in [3.05, 3.63) is 119 Å². The van der Waals surface area contributed by atoms with Crippen LogP contribution in [0, 0.1) is 5.92 Å². The summed E-state index contributed by atoms with van der Waals surface area (Å²) in [6.07, 6.45) is -0.835. The molecule has 7 rings (SSSR count). The van der Waals surface area contributed by atoms with Crippen molar-refractivity contribution in [2.75, 3.05) is 29.6 Å². The Morgan fingerprint density at radius 1 is 0.962 bits per heavy atom. The third-order valence-corrected chi connectivity index (χ3v) is 13.2. The number of amides is 3. The van der Waals surface area contributed by atoms with Gasteiger partial charge in [-0.1, -0.05) is 73.1 Å². The van der Waals surface area contributed by atoms with E-state index in [2.05, 4.69) is 0 Å². The van der Waals surface area contributed by atoms with Crippen LogP contribution in [0.25, 0.3) is 0 Å². The molecule has 4 aromatic rings. The molecule has 2 N–H and O–H groups in total. The summed E-state index contributed by atoms with van der Waals surface area (Å²) >= 11 is 6.59. The van der Waals surface area contributed by atoms with Crippen LogP contribution in [-0.2, 0) is 37.8 Å². The highest BCUT2D eigenvalue weighted by Crippen LogP contribution is 2.60. The first kappa shape index (κ1) is 35.9. The van der Waals surface area contributed by atoms with E-state index in [4.69, 9.17) is 21.1 Å². The summed E-state index contributed by atoms with van der Waals surface area (Å²) in [5.41, 5.74) is 2.25. The average molecular weight is 740 g/mol. The maximum atomic E-state index is 15.0. The second-order valence-corrected chi connectivity index (χ2v) is 18.7. The van der Waals surface area contributed by atoms with Gasteiger partial charge in [0.25, 0.3) is 11.8 Å². The Morgan fingerprint density at radius 3 is 2.44 bits per heavy atom. The normalized spacial score (nSPS) is 22.4. The van der Waals surface area contributed by atoms with Crippen LogP contribution < -0.4 is 14.5 Å². The van der Waals surface area contributed by atoms with Gasteiger partial charge in [0.15, 0.2) is 20.5 Å². The highest BCUT2D eigenvalue weighted by molar-refractivity contribution is 6.71. The van der Waals surface area contributed by atoms with Gasteiger partial charge in [-0.25, -0.2) is 0 Å². The van der Waals surface area contributed by atoms with E-state index in [0.29, 0.717) is 39.9 Å². The molecule has 12 heteroatoms. The zero-order valence-electron chi connectivity index (χ0n) is 29.4. The van der Waals surface area contributed by atoms with E-state index in [1.165, 1.54) is 0 Å². The summed E-state index contributed by atoms with van der Waals surface area (Å²) in [4.78, 5) is 58.7. The van der Waals surface area contributed by atoms with Gasteiger partial charge in [-0.05, 0) is 66.7 Å². The number of aliphatic hydroxyl groups excluding tert-OH is 1. The lowest BCUT2D eigenvalue weighted by atomic mass is 9.82. The molecule has 4 aromatic carbocycles. The van der Waals surface area contributed by atoms with Crippen LogP contribution in [0.2, 0.25) is 23.7 Å². The van der Waals surface area contributed by atoms with Crippen LogP contribution in [0.5, 0.6) is 5.75 Å². The van der Waals surface area contributed by atoms with E-state index in [0.717, 1.165) is 11.1 Å². The Bertz CT molecular complexity index is 2010. The number of aliphatic hydroxyl groups is 1. The number of rotatable bonds is 10. The molecule has 1 saturated heterocycles. The van der Waals surface area contributed by atoms with Gasteiger partial charge in [0.1, 0.15) is 5.75 Å². The summed E-state index contributed by atoms with van der Waals surface area (Å²) in [5.74, 6) is -0.630. The summed E-state index contributed by atoms with van der Waals surface area (Å²) in [7, 11) is -3.06. The van der Waals surface area contributed by atoms with Gasteiger partial charge in [0.05, 0.1) is 37.1 Å². The number of para-hydroxylation sites is 2. The number of anilines is 3. The van der Waals surface area contributed by atoms with Crippen LogP contribution in [0.15, 0.2) is 97.1 Å². The molecular formula is C40H42ClN3O7Si. The fourth-order valence-corrected chi connectivity index (χ4v) is 11.0. The fraction of sp³-hybridized carbons (Fsp3) is 0.325. The largest absolute Gasteiger partial charge is 0.482 e. The monoisotopic (exact) mass is 739 g/mol. The maximum Gasteiger partial charge on any atom is 0.269 e. The molecule has 1 spiro atoms. The zero-order chi connectivity index (χ0) is 36.8. The highest BCUT2D eigenvalue weighted by atomic mass is 35.5. The van der Waals surface area contributed by atoms with E-state index in [1.807, 2.05) is 105 Å². The first-order chi connectivity index (χ1) is 24.9. The molecule has 10 nitrogen and oxygen atoms in total. The van der Waals surface area contributed by atoms with Crippen molar-refractivity contribution in [2.45, 2.75) is 56.8 Å². The van der Waals surface area contributed by atoms with Crippen LogP contribution in [0.3, 0.4) is 0 Å². The number of hydrogen-bond donors (Lipinski definition) is 2. The predicted octanol–water partition coefficient (Wildman–Crippen LogP) is 6.15. The lowest BCUT2D eigenvalue weighted by Gasteiger charge is -2.33. The Kier molecular flexibility index (Phi) is 9.74. The van der Waals surface area contributed by atoms with E-state index in [1.54, 1.807) is 26.8 Å². The smallest absolute Gasteiger partial charge is 0.269 e. The van der Waals surface area contributed by atoms with Crippen LogP contribution in [0.1, 0.15) is 30.0 Å². The molecule has 0 saturated carbocycles. The number of benzene rings is 4. The van der Waals surface area contributed by atoms with Crippen LogP contribution >= 0.6 is 11.6 Å². The Morgan fingerprint density at radius 2 is 1.69 bits per heavy atom. The van der Waals surface area contributed by atoms with Gasteiger partial charge < -0.3 is 29.2 Å². The Hall–Kier alpha value is -4.52. The van der Waals surface area contributed by atoms with Gasteiger partial charge in [0.2, 0.25) is 5.91 Å². The number of hydrogen-bond acceptors (Lipinski definition) is 7. The molecule has 0 radical (unpaired) electrons. The number of nitrogens with zero attached hydrogens (tertiary/aromatic N) is 3. The van der Waals surface area contributed by atoms with E-state index < -0.39 is 31.5 Å². The SMILES string of the molecule is C[C@H]1[C@H]([Si](C)(C)O)[C@@H](CC(=O)N(CCO)Cc2ccccc2)O[C@]12C(=O)N(Cc1cccc(N3C(=O)COc4ccccc43)c1)c1ccc(Cl)cc12. The first-order valence-electron chi connectivity index (χ1n) is 17.5. The first-order valence-corrected chi connectivity index (χ1v) is 20.9. The quantitative estimate of drug-likeness (QED) is 0.187. The molecule has 0 bridgehead atoms. The lowest BCUT2D eigenvalue weighted by molar-refractivity contribution is -0.150. The average Bonchev–Trinajstić information content (AvgIpc) is 3.54. The molecule has 3 amide bonds. The van der Waals surface area contributed by atoms with Crippen molar-refractivity contribution in [1.29, 1.82) is 0 Å². The van der Waals surface area contributed by atoms with Crippen molar-refractivity contribution in [1.82, 2.24) is 4.90 Å². The highest BCUT2D eigenvalue weighted by Gasteiger charge is 2.66. The summed E-state index contributed by atoms with van der Waals surface area (Å²) in [5, 5.41) is 10.3. The van der Waals surface area contributed by atoms with Gasteiger partial charge >= 0.3 is 0 Å². The molecule has 3 heterocycles. The number of carbonyl (C=O) groups is 3. The second kappa shape index (κ2) is 14.1. The number of halogens is 1. The molecule has 270 valence electrons. The van der Waals surface area contributed by atoms with Gasteiger partial charge in [0, 0.05) is 40.8 Å². The maximum absolute atomic E-state index is 15.0. The third-order valence-electron chi connectivity index (χ3n) is 10.5. The Labute approximate surface area is 309 Å². The molecule has 3 aliphatic rings. The van der Waals surface area contributed by atoms with Gasteiger partial charge in [-0.2, -0.15) is 0 Å². The minimum Gasteiger partial charge on any atom is -0.482 e. The molecule has 3 aliphatic heterocycles. The summed E-state index contributed by atoms with van der Waals surface area (Å²) < 4.78 is 12.5. The van der Waals surface area contributed by atoms with Crippen LogP contribution in [0.4, 0.5) is 17.1 Å². The standard InChI is InChI=1S/C40H42ClN3O7Si/c1-26-38(52(2,3)49)35(22-36(46)42(18-19-45)23-27-10-5-4-6-11-27)51-40(26)31-21-29(41)16-17-32(31)43(39(40)48)24-28-12-9-13-30(20-28)44-33-14-7-8-15-34(33)50-25-37(44)47/h4-17,20-21,26,35,38,45,49H,18-19,22-25H2,1-3H3/t26-,35+,38-,40+/m0/s1. The topological polar surface area (TPSA) is 120 Å². The lowest BCUT2D eigenvalue weighted by Crippen LogP contribution is -2.46. The van der Waals surface area contributed by atoms with Crippen molar-refractivity contribution in [3.8, 4) is 5.75 Å². The zero-order valence-corrected chi connectivity index (χ0v) is 31.1. The van der Waals surface area contributed by atoms with Gasteiger partial charge in [-0.3, -0.25) is 19.3 Å².